The molecular weight excluding hydrogens is 332 g/mol. The summed E-state index contributed by atoms with van der Waals surface area (Å²) in [6, 6.07) is 0. The van der Waals surface area contributed by atoms with E-state index in [1.54, 1.807) is 18.6 Å². The van der Waals surface area contributed by atoms with Gasteiger partial charge in [-0.05, 0) is 20.8 Å². The van der Waals surface area contributed by atoms with Gasteiger partial charge in [0.15, 0.2) is 5.76 Å². The van der Waals surface area contributed by atoms with Crippen LogP contribution in [0.1, 0.15) is 17.0 Å². The maximum atomic E-state index is 5.54. The Bertz CT molecular complexity index is 916. The van der Waals surface area contributed by atoms with Crippen LogP contribution in [0.4, 0.5) is 5.95 Å². The molecule has 0 spiro atoms. The predicted octanol–water partition coefficient (Wildman–Crippen LogP) is 2.35. The van der Waals surface area contributed by atoms with E-state index in [4.69, 9.17) is 14.2 Å². The van der Waals surface area contributed by atoms with Crippen LogP contribution in [0, 0.1) is 20.8 Å². The molecular formula is C18H20N6O2. The molecule has 0 atom stereocenters. The van der Waals surface area contributed by atoms with Crippen molar-refractivity contribution in [3.05, 3.63) is 35.5 Å². The Labute approximate surface area is 151 Å². The highest BCUT2D eigenvalue weighted by Crippen LogP contribution is 2.33. The van der Waals surface area contributed by atoms with Crippen molar-refractivity contribution in [1.29, 1.82) is 0 Å². The molecule has 26 heavy (non-hydrogen) atoms. The maximum Gasteiger partial charge on any atom is 0.226 e. The fourth-order valence-corrected chi connectivity index (χ4v) is 2.83. The monoisotopic (exact) mass is 352 g/mol. The third kappa shape index (κ3) is 3.03. The highest BCUT2D eigenvalue weighted by molar-refractivity contribution is 5.78. The van der Waals surface area contributed by atoms with Crippen molar-refractivity contribution in [3.63, 3.8) is 0 Å². The van der Waals surface area contributed by atoms with Crippen molar-refractivity contribution in [2.45, 2.75) is 20.8 Å². The van der Waals surface area contributed by atoms with Crippen molar-refractivity contribution in [3.8, 4) is 22.7 Å². The molecule has 4 heterocycles. The summed E-state index contributed by atoms with van der Waals surface area (Å²) in [7, 11) is 0. The lowest BCUT2D eigenvalue weighted by molar-refractivity contribution is 0.122. The second-order valence-electron chi connectivity index (χ2n) is 6.30. The number of ether oxygens (including phenoxy) is 1. The Morgan fingerprint density at radius 1 is 0.962 bits per heavy atom. The number of aromatic nitrogens is 5. The van der Waals surface area contributed by atoms with Gasteiger partial charge in [0, 0.05) is 31.0 Å². The van der Waals surface area contributed by atoms with E-state index >= 15 is 0 Å². The summed E-state index contributed by atoms with van der Waals surface area (Å²) in [6.07, 6.45) is 5.23. The normalized spacial score (nSPS) is 14.7. The average molecular weight is 352 g/mol. The smallest absolute Gasteiger partial charge is 0.226 e. The first-order valence-corrected chi connectivity index (χ1v) is 8.55. The van der Waals surface area contributed by atoms with Crippen LogP contribution >= 0.6 is 0 Å². The van der Waals surface area contributed by atoms with Crippen LogP contribution in [0.25, 0.3) is 22.7 Å². The zero-order valence-corrected chi connectivity index (χ0v) is 15.1. The van der Waals surface area contributed by atoms with E-state index < -0.39 is 0 Å². The van der Waals surface area contributed by atoms with Crippen LogP contribution in [-0.4, -0.2) is 51.4 Å². The fourth-order valence-electron chi connectivity index (χ4n) is 2.83. The van der Waals surface area contributed by atoms with E-state index in [2.05, 4.69) is 25.0 Å². The Hall–Kier alpha value is -2.87. The highest BCUT2D eigenvalue weighted by atomic mass is 16.5. The topological polar surface area (TPSA) is 90.1 Å². The van der Waals surface area contributed by atoms with E-state index in [0.717, 1.165) is 35.6 Å². The van der Waals surface area contributed by atoms with Crippen LogP contribution in [-0.2, 0) is 4.74 Å². The van der Waals surface area contributed by atoms with Gasteiger partial charge in [0.2, 0.25) is 5.95 Å². The van der Waals surface area contributed by atoms with Crippen molar-refractivity contribution in [1.82, 2.24) is 25.1 Å². The summed E-state index contributed by atoms with van der Waals surface area (Å²) in [5.74, 6) is 1.32. The summed E-state index contributed by atoms with van der Waals surface area (Å²) in [5.41, 5.74) is 4.79. The first-order chi connectivity index (χ1) is 12.6. The van der Waals surface area contributed by atoms with Gasteiger partial charge >= 0.3 is 0 Å². The molecule has 1 aliphatic rings. The summed E-state index contributed by atoms with van der Waals surface area (Å²) in [5, 5.41) is 4.06. The van der Waals surface area contributed by atoms with Crippen LogP contribution in [0.2, 0.25) is 0 Å². The molecule has 8 heteroatoms. The number of aryl methyl sites for hydroxylation is 2. The highest BCUT2D eigenvalue weighted by Gasteiger charge is 2.22. The summed E-state index contributed by atoms with van der Waals surface area (Å²) in [6.45, 7) is 8.66. The molecule has 0 N–H and O–H groups in total. The molecule has 0 amide bonds. The number of morpholine rings is 1. The number of nitrogens with zero attached hydrogens (tertiary/aromatic N) is 6. The molecule has 0 aliphatic carbocycles. The second kappa shape index (κ2) is 6.80. The molecule has 4 rings (SSSR count). The lowest BCUT2D eigenvalue weighted by Crippen LogP contribution is -2.37. The van der Waals surface area contributed by atoms with Crippen LogP contribution in [0.15, 0.2) is 23.1 Å². The molecule has 134 valence electrons. The SMILES string of the molecule is Cc1cnc(-c2nc(N3CCOCC3)ncc2-c2onc(C)c2C)cn1. The first-order valence-electron chi connectivity index (χ1n) is 8.55. The van der Waals surface area contributed by atoms with Gasteiger partial charge in [-0.2, -0.15) is 0 Å². The van der Waals surface area contributed by atoms with Crippen LogP contribution in [0.5, 0.6) is 0 Å². The van der Waals surface area contributed by atoms with Gasteiger partial charge < -0.3 is 14.2 Å². The second-order valence-corrected chi connectivity index (χ2v) is 6.30. The van der Waals surface area contributed by atoms with E-state index in [1.165, 1.54) is 0 Å². The molecule has 0 aromatic carbocycles. The number of hydrogen-bond donors (Lipinski definition) is 0. The summed E-state index contributed by atoms with van der Waals surface area (Å²) in [4.78, 5) is 20.3. The minimum Gasteiger partial charge on any atom is -0.378 e. The quantitative estimate of drug-likeness (QED) is 0.709. The number of anilines is 1. The van der Waals surface area contributed by atoms with E-state index in [9.17, 15) is 0 Å². The lowest BCUT2D eigenvalue weighted by Gasteiger charge is -2.27. The maximum absolute atomic E-state index is 5.54. The predicted molar refractivity (Wildman–Crippen MR) is 95.8 cm³/mol. The first kappa shape index (κ1) is 16.6. The molecule has 1 aliphatic heterocycles. The van der Waals surface area contributed by atoms with Gasteiger partial charge in [-0.25, -0.2) is 9.97 Å². The van der Waals surface area contributed by atoms with Gasteiger partial charge in [-0.3, -0.25) is 9.97 Å². The molecule has 0 unspecified atom stereocenters. The standard InChI is InChI=1S/C18H20N6O2/c1-11-8-20-15(10-19-11)16-14(17-12(2)13(3)23-26-17)9-21-18(22-16)24-4-6-25-7-5-24/h8-10H,4-7H2,1-3H3. The minimum atomic E-state index is 0.656. The summed E-state index contributed by atoms with van der Waals surface area (Å²) >= 11 is 0. The lowest BCUT2D eigenvalue weighted by atomic mass is 10.1. The molecule has 3 aromatic rings. The Balaban J connectivity index is 1.85. The molecule has 1 fully saturated rings. The van der Waals surface area contributed by atoms with Gasteiger partial charge in [-0.1, -0.05) is 5.16 Å². The van der Waals surface area contributed by atoms with E-state index in [0.29, 0.717) is 36.3 Å². The van der Waals surface area contributed by atoms with Crippen LogP contribution in [0.3, 0.4) is 0 Å². The van der Waals surface area contributed by atoms with E-state index in [-0.39, 0.29) is 0 Å². The van der Waals surface area contributed by atoms with Gasteiger partial charge in [-0.15, -0.1) is 0 Å². The Morgan fingerprint density at radius 3 is 2.42 bits per heavy atom. The molecule has 3 aromatic heterocycles. The fraction of sp³-hybridized carbons (Fsp3) is 0.389. The largest absolute Gasteiger partial charge is 0.378 e. The number of hydrogen-bond acceptors (Lipinski definition) is 8. The van der Waals surface area contributed by atoms with Crippen molar-refractivity contribution in [2.75, 3.05) is 31.2 Å². The molecule has 0 radical (unpaired) electrons. The van der Waals surface area contributed by atoms with Gasteiger partial charge in [0.25, 0.3) is 0 Å². The molecule has 8 nitrogen and oxygen atoms in total. The van der Waals surface area contributed by atoms with Crippen molar-refractivity contribution < 1.29 is 9.26 Å². The number of rotatable bonds is 3. The van der Waals surface area contributed by atoms with E-state index in [1.807, 2.05) is 20.8 Å². The molecule has 0 saturated carbocycles. The van der Waals surface area contributed by atoms with Gasteiger partial charge in [0.05, 0.1) is 36.4 Å². The zero-order chi connectivity index (χ0) is 18.1. The Kier molecular flexibility index (Phi) is 4.34. The van der Waals surface area contributed by atoms with Gasteiger partial charge in [0.1, 0.15) is 11.4 Å². The molecule has 0 bridgehead atoms. The zero-order valence-electron chi connectivity index (χ0n) is 15.1. The van der Waals surface area contributed by atoms with Crippen molar-refractivity contribution in [2.24, 2.45) is 0 Å². The molecule has 1 saturated heterocycles. The summed E-state index contributed by atoms with van der Waals surface area (Å²) < 4.78 is 11.0. The average Bonchev–Trinajstić information content (AvgIpc) is 3.01. The third-order valence-electron chi connectivity index (χ3n) is 4.50. The minimum absolute atomic E-state index is 0.656. The third-order valence-corrected chi connectivity index (χ3v) is 4.50. The van der Waals surface area contributed by atoms with Crippen molar-refractivity contribution >= 4 is 5.95 Å². The Morgan fingerprint density at radius 2 is 1.77 bits per heavy atom. The van der Waals surface area contributed by atoms with Crippen LogP contribution < -0.4 is 4.90 Å².